The number of terminal acetylenes is 1. The van der Waals surface area contributed by atoms with Crippen LogP contribution in [-0.2, 0) is 23.7 Å². The van der Waals surface area contributed by atoms with Gasteiger partial charge in [0.1, 0.15) is 24.3 Å². The Morgan fingerprint density at radius 1 is 1.05 bits per heavy atom. The van der Waals surface area contributed by atoms with Crippen LogP contribution in [0.15, 0.2) is 12.3 Å². The molecule has 10 rings (SSSR count). The molecule has 11 heteroatoms. The second-order valence-electron chi connectivity index (χ2n) is 14.4. The van der Waals surface area contributed by atoms with Crippen LogP contribution in [0.5, 0.6) is 0 Å². The van der Waals surface area contributed by atoms with Crippen molar-refractivity contribution >= 4 is 40.6 Å². The Morgan fingerprint density at radius 3 is 2.37 bits per heavy atom. The van der Waals surface area contributed by atoms with Gasteiger partial charge in [-0.05, 0) is 111 Å². The number of esters is 1. The predicted molar refractivity (Wildman–Crippen MR) is 155 cm³/mol. The standard InChI is InChI=1S/C32H37ClN4O6/c1-2-32(17-41-27(38)31-14-21(15-31)16-31)23(10-24(43-32)37-5-3-22-25(34)35-28(33)36-26(22)37)42-29(39)40-6-4-30-11-18-7-19(12-30)9-20(8-18)13-30/h1,3,5,18-21,23-24H,4,6-17H2,(H2,34,35,36)/t18?,19?,20?,21?,23-,24+,30?,31?,32+/m0/s1. The number of carbonyl (C=O) groups excluding carboxylic acids is 2. The van der Waals surface area contributed by atoms with Crippen LogP contribution in [-0.4, -0.2) is 51.6 Å². The molecule has 7 aliphatic carbocycles. The normalized spacial score (nSPS) is 40.0. The fourth-order valence-electron chi connectivity index (χ4n) is 9.76. The van der Waals surface area contributed by atoms with Crippen LogP contribution in [0.1, 0.15) is 76.9 Å². The Bertz CT molecular complexity index is 1480. The molecule has 8 fully saturated rings. The fourth-order valence-corrected chi connectivity index (χ4v) is 9.93. The topological polar surface area (TPSA) is 128 Å². The number of aromatic nitrogens is 3. The van der Waals surface area contributed by atoms with E-state index in [1.54, 1.807) is 16.8 Å². The smallest absolute Gasteiger partial charge is 0.461 e. The number of fused-ring (bicyclic) bond motifs is 1. The number of nitrogens with two attached hydrogens (primary N) is 1. The Labute approximate surface area is 255 Å². The first-order valence-electron chi connectivity index (χ1n) is 15.6. The number of hydrogen-bond acceptors (Lipinski definition) is 9. The summed E-state index contributed by atoms with van der Waals surface area (Å²) in [5.41, 5.74) is 4.90. The van der Waals surface area contributed by atoms with E-state index in [1.807, 2.05) is 0 Å². The Hall–Kier alpha value is -3.03. The Morgan fingerprint density at radius 2 is 1.74 bits per heavy atom. The molecule has 0 unspecified atom stereocenters. The minimum absolute atomic E-state index is 0.00551. The van der Waals surface area contributed by atoms with Crippen molar-refractivity contribution in [3.8, 4) is 12.3 Å². The van der Waals surface area contributed by atoms with Gasteiger partial charge in [0.05, 0.1) is 17.4 Å². The summed E-state index contributed by atoms with van der Waals surface area (Å²) in [6.07, 6.45) is 16.8. The molecule has 2 aromatic rings. The molecule has 0 radical (unpaired) electrons. The summed E-state index contributed by atoms with van der Waals surface area (Å²) in [7, 11) is 0. The lowest BCUT2D eigenvalue weighted by atomic mass is 9.44. The summed E-state index contributed by atoms with van der Waals surface area (Å²) in [6, 6.07) is 1.76. The maximum Gasteiger partial charge on any atom is 0.508 e. The van der Waals surface area contributed by atoms with Crippen LogP contribution in [0.3, 0.4) is 0 Å². The zero-order valence-electron chi connectivity index (χ0n) is 24.1. The van der Waals surface area contributed by atoms with E-state index in [1.165, 1.54) is 38.5 Å². The Balaban J connectivity index is 0.980. The van der Waals surface area contributed by atoms with Crippen LogP contribution in [0.4, 0.5) is 10.6 Å². The van der Waals surface area contributed by atoms with Gasteiger partial charge in [-0.15, -0.1) is 6.42 Å². The van der Waals surface area contributed by atoms with Crippen molar-refractivity contribution in [2.75, 3.05) is 18.9 Å². The van der Waals surface area contributed by atoms with Crippen molar-refractivity contribution in [2.45, 2.75) is 88.6 Å². The van der Waals surface area contributed by atoms with Gasteiger partial charge in [-0.1, -0.05) is 5.92 Å². The highest BCUT2D eigenvalue weighted by Crippen LogP contribution is 2.65. The molecule has 0 aromatic carbocycles. The van der Waals surface area contributed by atoms with Crippen molar-refractivity contribution in [1.29, 1.82) is 0 Å². The summed E-state index contributed by atoms with van der Waals surface area (Å²) in [5, 5.41) is 0.594. The highest BCUT2D eigenvalue weighted by Gasteiger charge is 2.63. The van der Waals surface area contributed by atoms with Gasteiger partial charge in [0, 0.05) is 12.6 Å². The molecule has 43 heavy (non-hydrogen) atoms. The van der Waals surface area contributed by atoms with Crippen molar-refractivity contribution in [3.63, 3.8) is 0 Å². The first-order valence-corrected chi connectivity index (χ1v) is 16.0. The third-order valence-corrected chi connectivity index (χ3v) is 11.7. The lowest BCUT2D eigenvalue weighted by molar-refractivity contribution is -0.199. The molecule has 7 saturated carbocycles. The zero-order valence-corrected chi connectivity index (χ0v) is 24.9. The Kier molecular flexibility index (Phi) is 6.23. The quantitative estimate of drug-likeness (QED) is 0.237. The van der Waals surface area contributed by atoms with E-state index in [0.717, 1.165) is 43.4 Å². The largest absolute Gasteiger partial charge is 0.508 e. The molecule has 0 amide bonds. The lowest BCUT2D eigenvalue weighted by Crippen LogP contribution is -2.58. The van der Waals surface area contributed by atoms with E-state index in [2.05, 4.69) is 15.9 Å². The van der Waals surface area contributed by atoms with E-state index in [4.69, 9.17) is 42.7 Å². The average Bonchev–Trinajstić information content (AvgIpc) is 3.46. The number of anilines is 1. The molecule has 1 saturated heterocycles. The van der Waals surface area contributed by atoms with Gasteiger partial charge < -0.3 is 29.2 Å². The number of hydrogen-bond donors (Lipinski definition) is 1. The summed E-state index contributed by atoms with van der Waals surface area (Å²) in [6.45, 7) is 0.0637. The number of carbonyl (C=O) groups is 2. The average molecular weight is 609 g/mol. The second-order valence-corrected chi connectivity index (χ2v) is 14.7. The molecular formula is C32H37ClN4O6. The van der Waals surface area contributed by atoms with Gasteiger partial charge in [0.25, 0.3) is 0 Å². The van der Waals surface area contributed by atoms with Crippen LogP contribution >= 0.6 is 11.6 Å². The number of nitrogen functional groups attached to an aromatic ring is 1. The van der Waals surface area contributed by atoms with Gasteiger partial charge in [-0.2, -0.15) is 4.98 Å². The molecule has 6 bridgehead atoms. The highest BCUT2D eigenvalue weighted by molar-refractivity contribution is 6.28. The summed E-state index contributed by atoms with van der Waals surface area (Å²) in [4.78, 5) is 34.4. The van der Waals surface area contributed by atoms with Gasteiger partial charge in [0.15, 0.2) is 6.10 Å². The van der Waals surface area contributed by atoms with E-state index < -0.39 is 29.5 Å². The zero-order chi connectivity index (χ0) is 29.6. The molecule has 8 aliphatic rings. The molecule has 2 aromatic heterocycles. The molecule has 3 atom stereocenters. The van der Waals surface area contributed by atoms with Gasteiger partial charge in [0.2, 0.25) is 10.9 Å². The third kappa shape index (κ3) is 4.49. The number of nitrogens with zero attached hydrogens (tertiary/aromatic N) is 3. The monoisotopic (exact) mass is 608 g/mol. The minimum atomic E-state index is -1.51. The maximum atomic E-state index is 13.1. The number of rotatable bonds is 8. The van der Waals surface area contributed by atoms with E-state index in [9.17, 15) is 9.59 Å². The fraction of sp³-hybridized carbons (Fsp3) is 0.688. The van der Waals surface area contributed by atoms with E-state index >= 15 is 0 Å². The highest BCUT2D eigenvalue weighted by atomic mass is 35.5. The minimum Gasteiger partial charge on any atom is -0.461 e. The molecule has 228 valence electrons. The molecule has 10 nitrogen and oxygen atoms in total. The first kappa shape index (κ1) is 27.5. The SMILES string of the molecule is C#C[C@]1(COC(=O)C23CC(C2)C3)O[C@@H](n2ccc3c(N)nc(Cl)nc32)C[C@@H]1OC(=O)OCCC12CC3CC(CC(C3)C1)C2. The third-order valence-electron chi connectivity index (χ3n) is 11.6. The lowest BCUT2D eigenvalue weighted by Gasteiger charge is -2.59. The van der Waals surface area contributed by atoms with Crippen LogP contribution in [0.25, 0.3) is 11.0 Å². The van der Waals surface area contributed by atoms with Gasteiger partial charge in [-0.3, -0.25) is 4.79 Å². The second kappa shape index (κ2) is 9.73. The van der Waals surface area contributed by atoms with E-state index in [0.29, 0.717) is 23.6 Å². The van der Waals surface area contributed by atoms with Gasteiger partial charge in [-0.25, -0.2) is 9.78 Å². The van der Waals surface area contributed by atoms with E-state index in [-0.39, 0.29) is 35.5 Å². The van der Waals surface area contributed by atoms with Gasteiger partial charge >= 0.3 is 12.1 Å². The number of ether oxygens (including phenoxy) is 4. The molecule has 0 spiro atoms. The summed E-state index contributed by atoms with van der Waals surface area (Å²) >= 11 is 6.11. The van der Waals surface area contributed by atoms with Crippen LogP contribution < -0.4 is 5.73 Å². The molecule has 1 aliphatic heterocycles. The molecular weight excluding hydrogens is 572 g/mol. The number of halogens is 1. The summed E-state index contributed by atoms with van der Waals surface area (Å²) < 4.78 is 25.5. The van der Waals surface area contributed by atoms with Crippen LogP contribution in [0.2, 0.25) is 5.28 Å². The molecule has 3 heterocycles. The maximum absolute atomic E-state index is 13.1. The molecule has 2 N–H and O–H groups in total. The van der Waals surface area contributed by atoms with Crippen molar-refractivity contribution in [1.82, 2.24) is 14.5 Å². The summed E-state index contributed by atoms with van der Waals surface area (Å²) in [5.74, 6) is 5.74. The van der Waals surface area contributed by atoms with Crippen LogP contribution in [0, 0.1) is 46.8 Å². The predicted octanol–water partition coefficient (Wildman–Crippen LogP) is 5.43. The van der Waals surface area contributed by atoms with Crippen molar-refractivity contribution < 1.29 is 28.5 Å². The van der Waals surface area contributed by atoms with Crippen molar-refractivity contribution in [2.24, 2.45) is 34.5 Å². The van der Waals surface area contributed by atoms with Crippen molar-refractivity contribution in [3.05, 3.63) is 17.5 Å². The first-order chi connectivity index (χ1) is 20.7.